The van der Waals surface area contributed by atoms with Crippen LogP contribution in [0.5, 0.6) is 0 Å². The first-order valence-electron chi connectivity index (χ1n) is 7.95. The lowest BCUT2D eigenvalue weighted by Crippen LogP contribution is -2.45. The maximum absolute atomic E-state index is 5.21. The number of nitrogens with zero attached hydrogens (tertiary/aromatic N) is 2. The topological polar surface area (TPSA) is 27.6 Å². The molecule has 4 rings (SSSR count). The van der Waals surface area contributed by atoms with Crippen molar-refractivity contribution in [2.75, 3.05) is 19.6 Å². The zero-order valence-corrected chi connectivity index (χ0v) is 15.5. The number of nitrogens with one attached hydrogen (secondary N) is 1. The fraction of sp³-hybridized carbons (Fsp3) is 0.688. The molecule has 0 amide bonds. The molecule has 3 unspecified atom stereocenters. The highest BCUT2D eigenvalue weighted by Crippen LogP contribution is 2.48. The lowest BCUT2D eigenvalue weighted by molar-refractivity contribution is 0.176. The largest absolute Gasteiger partial charge is 0.348 e. The van der Waals surface area contributed by atoms with Crippen LogP contribution in [0.25, 0.3) is 0 Å². The summed E-state index contributed by atoms with van der Waals surface area (Å²) in [6, 6.07) is 0. The Bertz CT molecular complexity index is 556. The fourth-order valence-electron chi connectivity index (χ4n) is 4.05. The van der Waals surface area contributed by atoms with Crippen LogP contribution in [-0.2, 0) is 0 Å². The molecule has 1 saturated heterocycles. The van der Waals surface area contributed by atoms with Gasteiger partial charge in [-0.05, 0) is 50.8 Å². The van der Waals surface area contributed by atoms with E-state index in [0.717, 1.165) is 19.6 Å². The Kier molecular flexibility index (Phi) is 3.58. The molecule has 114 valence electrons. The fourth-order valence-corrected chi connectivity index (χ4v) is 4.92. The van der Waals surface area contributed by atoms with Crippen LogP contribution in [-0.4, -0.2) is 40.7 Å². The van der Waals surface area contributed by atoms with E-state index in [1.54, 1.807) is 0 Å². The molecular formula is C16H21Br2N3. The van der Waals surface area contributed by atoms with Crippen molar-refractivity contribution in [3.8, 4) is 0 Å². The van der Waals surface area contributed by atoms with Crippen LogP contribution in [0.15, 0.2) is 26.8 Å². The Morgan fingerprint density at radius 1 is 1.43 bits per heavy atom. The average molecular weight is 415 g/mol. The lowest BCUT2D eigenvalue weighted by Gasteiger charge is -2.39. The van der Waals surface area contributed by atoms with Crippen molar-refractivity contribution in [3.05, 3.63) is 21.8 Å². The van der Waals surface area contributed by atoms with Crippen molar-refractivity contribution < 1.29 is 0 Å². The van der Waals surface area contributed by atoms with Gasteiger partial charge in [-0.25, -0.2) is 0 Å². The van der Waals surface area contributed by atoms with Crippen LogP contribution in [0.2, 0.25) is 0 Å². The van der Waals surface area contributed by atoms with Gasteiger partial charge in [0.05, 0.1) is 15.7 Å². The monoisotopic (exact) mass is 413 g/mol. The van der Waals surface area contributed by atoms with Crippen LogP contribution in [0, 0.1) is 5.92 Å². The minimum atomic E-state index is -0.168. The molecule has 0 aromatic carbocycles. The van der Waals surface area contributed by atoms with Crippen molar-refractivity contribution in [3.63, 3.8) is 0 Å². The third-order valence-corrected chi connectivity index (χ3v) is 7.55. The molecule has 0 saturated carbocycles. The van der Waals surface area contributed by atoms with Crippen LogP contribution in [0.4, 0.5) is 0 Å². The molecular weight excluding hydrogens is 394 g/mol. The highest BCUT2D eigenvalue weighted by Gasteiger charge is 2.47. The number of hydrogen-bond acceptors (Lipinski definition) is 3. The molecule has 0 bridgehead atoms. The maximum atomic E-state index is 5.21. The molecule has 21 heavy (non-hydrogen) atoms. The van der Waals surface area contributed by atoms with Crippen LogP contribution in [0.3, 0.4) is 0 Å². The van der Waals surface area contributed by atoms with Gasteiger partial charge in [0, 0.05) is 23.5 Å². The van der Waals surface area contributed by atoms with E-state index in [9.17, 15) is 0 Å². The molecule has 3 aliphatic heterocycles. The highest BCUT2D eigenvalue weighted by molar-refractivity contribution is 9.14. The maximum Gasteiger partial charge on any atom is 0.125 e. The zero-order chi connectivity index (χ0) is 14.6. The van der Waals surface area contributed by atoms with E-state index in [1.165, 1.54) is 47.1 Å². The summed E-state index contributed by atoms with van der Waals surface area (Å²) in [6.45, 7) is 5.64. The van der Waals surface area contributed by atoms with E-state index in [4.69, 9.17) is 4.99 Å². The van der Waals surface area contributed by atoms with E-state index < -0.39 is 0 Å². The number of alkyl halides is 1. The summed E-state index contributed by atoms with van der Waals surface area (Å²) in [5.74, 6) is 0.644. The van der Waals surface area contributed by atoms with Gasteiger partial charge in [-0.3, -0.25) is 4.99 Å². The molecule has 3 nitrogen and oxygen atoms in total. The molecule has 1 fully saturated rings. The summed E-state index contributed by atoms with van der Waals surface area (Å²) < 4.78 is 1.04. The molecule has 0 spiro atoms. The molecule has 3 atom stereocenters. The lowest BCUT2D eigenvalue weighted by atomic mass is 9.88. The third-order valence-electron chi connectivity index (χ3n) is 5.19. The van der Waals surface area contributed by atoms with Gasteiger partial charge >= 0.3 is 0 Å². The summed E-state index contributed by atoms with van der Waals surface area (Å²) >= 11 is 7.66. The molecule has 5 heteroatoms. The van der Waals surface area contributed by atoms with E-state index in [2.05, 4.69) is 55.1 Å². The molecule has 1 aliphatic carbocycles. The van der Waals surface area contributed by atoms with Crippen LogP contribution in [0.1, 0.15) is 32.6 Å². The summed E-state index contributed by atoms with van der Waals surface area (Å²) in [5.41, 5.74) is 4.12. The van der Waals surface area contributed by atoms with E-state index in [1.807, 2.05) is 0 Å². The second-order valence-electron chi connectivity index (χ2n) is 6.66. The van der Waals surface area contributed by atoms with Crippen molar-refractivity contribution in [2.24, 2.45) is 10.9 Å². The first kappa shape index (κ1) is 14.5. The van der Waals surface area contributed by atoms with Gasteiger partial charge < -0.3 is 10.2 Å². The second kappa shape index (κ2) is 5.20. The van der Waals surface area contributed by atoms with Gasteiger partial charge in [0.1, 0.15) is 6.17 Å². The Balaban J connectivity index is 1.76. The molecule has 0 aromatic heterocycles. The van der Waals surface area contributed by atoms with E-state index in [-0.39, 0.29) is 4.32 Å². The number of hydrogen-bond donors (Lipinski definition) is 1. The number of rotatable bonds is 1. The Morgan fingerprint density at radius 3 is 3.05 bits per heavy atom. The van der Waals surface area contributed by atoms with Gasteiger partial charge in [0.15, 0.2) is 0 Å². The quantitative estimate of drug-likeness (QED) is 0.664. The predicted molar refractivity (Wildman–Crippen MR) is 94.1 cm³/mol. The number of halogens is 2. The summed E-state index contributed by atoms with van der Waals surface area (Å²) in [4.78, 5) is 7.79. The van der Waals surface area contributed by atoms with Crippen LogP contribution >= 0.6 is 31.9 Å². The van der Waals surface area contributed by atoms with Crippen molar-refractivity contribution >= 4 is 37.6 Å². The van der Waals surface area contributed by atoms with Crippen molar-refractivity contribution in [2.45, 2.75) is 43.1 Å². The summed E-state index contributed by atoms with van der Waals surface area (Å²) in [5, 5.41) is 3.55. The Hall–Kier alpha value is -0.130. The third kappa shape index (κ3) is 2.19. The van der Waals surface area contributed by atoms with Crippen molar-refractivity contribution in [1.82, 2.24) is 10.2 Å². The van der Waals surface area contributed by atoms with Gasteiger partial charge in [0.25, 0.3) is 0 Å². The van der Waals surface area contributed by atoms with Gasteiger partial charge in [-0.15, -0.1) is 0 Å². The second-order valence-corrected chi connectivity index (χ2v) is 9.10. The Morgan fingerprint density at radius 2 is 2.29 bits per heavy atom. The van der Waals surface area contributed by atoms with E-state index >= 15 is 0 Å². The first-order chi connectivity index (χ1) is 10.1. The normalized spacial score (nSPS) is 39.1. The first-order valence-corrected chi connectivity index (χ1v) is 9.53. The highest BCUT2D eigenvalue weighted by atomic mass is 79.9. The molecule has 4 aliphatic rings. The van der Waals surface area contributed by atoms with Crippen molar-refractivity contribution in [1.29, 1.82) is 0 Å². The number of aliphatic imine (C=N–C) groups is 1. The zero-order valence-electron chi connectivity index (χ0n) is 12.3. The summed E-state index contributed by atoms with van der Waals surface area (Å²) in [6.07, 6.45) is 7.64. The minimum Gasteiger partial charge on any atom is -0.348 e. The Labute approximate surface area is 143 Å². The minimum absolute atomic E-state index is 0.168. The molecule has 1 N–H and O–H groups in total. The van der Waals surface area contributed by atoms with Crippen LogP contribution < -0.4 is 5.32 Å². The predicted octanol–water partition coefficient (Wildman–Crippen LogP) is 3.56. The SMILES string of the molecule is CC1(Br)C(Br)=CC2=C3C1=NC(C1CCCNC1)N3CCC2. The van der Waals surface area contributed by atoms with E-state index in [0.29, 0.717) is 12.1 Å². The smallest absolute Gasteiger partial charge is 0.125 e. The van der Waals surface area contributed by atoms with Gasteiger partial charge in [-0.2, -0.15) is 0 Å². The average Bonchev–Trinajstić information content (AvgIpc) is 2.88. The molecule has 3 heterocycles. The van der Waals surface area contributed by atoms with Gasteiger partial charge in [-0.1, -0.05) is 31.9 Å². The summed E-state index contributed by atoms with van der Waals surface area (Å²) in [7, 11) is 0. The van der Waals surface area contributed by atoms with Gasteiger partial charge in [0.2, 0.25) is 0 Å². The standard InChI is InChI=1S/C16H21Br2N3/c1-16(18)12(17)8-10-5-3-7-21-13(10)14(16)20-15(21)11-4-2-6-19-9-11/h8,11,15,19H,2-7,9H2,1H3. The number of piperidine rings is 1. The molecule has 0 radical (unpaired) electrons. The molecule has 0 aromatic rings. The number of allylic oxidation sites excluding steroid dienone is 4.